The molecule has 0 fully saturated rings. The maximum atomic E-state index is 11.8. The van der Waals surface area contributed by atoms with E-state index in [2.05, 4.69) is 15.4 Å². The summed E-state index contributed by atoms with van der Waals surface area (Å²) in [5, 5.41) is 7.18. The summed E-state index contributed by atoms with van der Waals surface area (Å²) >= 11 is 1.11. The third-order valence-corrected chi connectivity index (χ3v) is 5.10. The minimum absolute atomic E-state index is 0.206. The van der Waals surface area contributed by atoms with Gasteiger partial charge in [0.25, 0.3) is 10.0 Å². The molecule has 1 unspecified atom stereocenters. The first kappa shape index (κ1) is 15.1. The van der Waals surface area contributed by atoms with Crippen molar-refractivity contribution < 1.29 is 13.2 Å². The van der Waals surface area contributed by atoms with Gasteiger partial charge in [0.2, 0.25) is 5.91 Å². The fraction of sp³-hybridized carbons (Fsp3) is 0.500. The van der Waals surface area contributed by atoms with Gasteiger partial charge in [-0.2, -0.15) is 4.72 Å². The molecule has 1 amide bonds. The zero-order valence-electron chi connectivity index (χ0n) is 10.3. The van der Waals surface area contributed by atoms with E-state index >= 15 is 0 Å². The van der Waals surface area contributed by atoms with Crippen LogP contribution in [0, 0.1) is 0 Å². The van der Waals surface area contributed by atoms with Gasteiger partial charge in [-0.3, -0.25) is 4.79 Å². The maximum Gasteiger partial charge on any atom is 0.250 e. The van der Waals surface area contributed by atoms with E-state index in [1.54, 1.807) is 18.5 Å². The Morgan fingerprint density at radius 3 is 2.72 bits per heavy atom. The van der Waals surface area contributed by atoms with E-state index in [1.165, 1.54) is 13.0 Å². The average Bonchev–Trinajstić information content (AvgIpc) is 2.82. The smallest absolute Gasteiger partial charge is 0.250 e. The summed E-state index contributed by atoms with van der Waals surface area (Å²) in [6.07, 6.45) is 0. The molecular formula is C10H17N3O3S2. The van der Waals surface area contributed by atoms with Gasteiger partial charge in [0.15, 0.2) is 0 Å². The molecule has 102 valence electrons. The summed E-state index contributed by atoms with van der Waals surface area (Å²) in [6.45, 7) is 2.61. The fourth-order valence-corrected chi connectivity index (χ4v) is 3.44. The number of amides is 1. The van der Waals surface area contributed by atoms with Crippen LogP contribution in [0.15, 0.2) is 21.7 Å². The second-order valence-electron chi connectivity index (χ2n) is 3.67. The van der Waals surface area contributed by atoms with Crippen LogP contribution in [0.1, 0.15) is 6.92 Å². The molecule has 0 aliphatic carbocycles. The molecule has 18 heavy (non-hydrogen) atoms. The van der Waals surface area contributed by atoms with Crippen LogP contribution in [0.5, 0.6) is 0 Å². The van der Waals surface area contributed by atoms with Gasteiger partial charge in [-0.1, -0.05) is 6.07 Å². The second kappa shape index (κ2) is 6.83. The Morgan fingerprint density at radius 2 is 2.17 bits per heavy atom. The first-order chi connectivity index (χ1) is 8.47. The number of sulfonamides is 1. The van der Waals surface area contributed by atoms with Crippen LogP contribution in [-0.2, 0) is 14.8 Å². The lowest BCUT2D eigenvalue weighted by atomic mass is 10.3. The van der Waals surface area contributed by atoms with Gasteiger partial charge in [0.1, 0.15) is 4.21 Å². The number of hydrogen-bond acceptors (Lipinski definition) is 5. The number of carbonyl (C=O) groups is 1. The molecule has 0 saturated carbocycles. The molecule has 0 radical (unpaired) electrons. The highest BCUT2D eigenvalue weighted by molar-refractivity contribution is 7.91. The maximum absolute atomic E-state index is 11.8. The highest BCUT2D eigenvalue weighted by atomic mass is 32.2. The number of likely N-dealkylation sites (N-methyl/N-ethyl adjacent to an activating group) is 1. The first-order valence-electron chi connectivity index (χ1n) is 5.45. The van der Waals surface area contributed by atoms with Crippen molar-refractivity contribution in [3.05, 3.63) is 17.5 Å². The lowest BCUT2D eigenvalue weighted by Crippen LogP contribution is -2.45. The van der Waals surface area contributed by atoms with Crippen LogP contribution in [0.2, 0.25) is 0 Å². The van der Waals surface area contributed by atoms with Gasteiger partial charge in [0, 0.05) is 13.1 Å². The summed E-state index contributed by atoms with van der Waals surface area (Å²) in [5.41, 5.74) is 0. The van der Waals surface area contributed by atoms with E-state index < -0.39 is 16.1 Å². The molecule has 3 N–H and O–H groups in total. The largest absolute Gasteiger partial charge is 0.353 e. The zero-order chi connectivity index (χ0) is 13.6. The third-order valence-electron chi connectivity index (χ3n) is 2.16. The van der Waals surface area contributed by atoms with Crippen LogP contribution in [-0.4, -0.2) is 40.5 Å². The Morgan fingerprint density at radius 1 is 1.44 bits per heavy atom. The highest BCUT2D eigenvalue weighted by Gasteiger charge is 2.22. The molecule has 0 aromatic carbocycles. The molecule has 1 aromatic heterocycles. The summed E-state index contributed by atoms with van der Waals surface area (Å²) in [4.78, 5) is 11.6. The monoisotopic (exact) mass is 291 g/mol. The molecule has 1 atom stereocenters. The predicted molar refractivity (Wildman–Crippen MR) is 71.0 cm³/mol. The van der Waals surface area contributed by atoms with Crippen molar-refractivity contribution >= 4 is 27.3 Å². The Labute approximate surface area is 111 Å². The molecule has 0 bridgehead atoms. The van der Waals surface area contributed by atoms with Crippen LogP contribution in [0.3, 0.4) is 0 Å². The minimum Gasteiger partial charge on any atom is -0.353 e. The van der Waals surface area contributed by atoms with Crippen LogP contribution in [0.4, 0.5) is 0 Å². The van der Waals surface area contributed by atoms with Gasteiger partial charge in [-0.05, 0) is 25.4 Å². The molecule has 1 rings (SSSR count). The number of nitrogens with one attached hydrogen (secondary N) is 3. The summed E-state index contributed by atoms with van der Waals surface area (Å²) in [5.74, 6) is -0.342. The van der Waals surface area contributed by atoms with E-state index in [9.17, 15) is 13.2 Å². The van der Waals surface area contributed by atoms with Crippen molar-refractivity contribution in [1.82, 2.24) is 15.4 Å². The third kappa shape index (κ3) is 4.37. The van der Waals surface area contributed by atoms with E-state index in [-0.39, 0.29) is 10.1 Å². The zero-order valence-corrected chi connectivity index (χ0v) is 11.9. The SMILES string of the molecule is CNCCNC(=O)C(C)NS(=O)(=O)c1cccs1. The minimum atomic E-state index is -3.60. The number of hydrogen-bond donors (Lipinski definition) is 3. The molecular weight excluding hydrogens is 274 g/mol. The lowest BCUT2D eigenvalue weighted by Gasteiger charge is -2.13. The molecule has 0 spiro atoms. The van der Waals surface area contributed by atoms with E-state index in [0.29, 0.717) is 13.1 Å². The molecule has 1 aromatic rings. The number of carbonyl (C=O) groups excluding carboxylic acids is 1. The Bertz CT molecular complexity index is 471. The van der Waals surface area contributed by atoms with E-state index in [4.69, 9.17) is 0 Å². The lowest BCUT2D eigenvalue weighted by molar-refractivity contribution is -0.122. The van der Waals surface area contributed by atoms with Crippen molar-refractivity contribution in [1.29, 1.82) is 0 Å². The van der Waals surface area contributed by atoms with Gasteiger partial charge in [-0.25, -0.2) is 8.42 Å². The normalized spacial score (nSPS) is 13.2. The van der Waals surface area contributed by atoms with E-state index in [0.717, 1.165) is 11.3 Å². The topological polar surface area (TPSA) is 87.3 Å². The van der Waals surface area contributed by atoms with Crippen molar-refractivity contribution in [3.8, 4) is 0 Å². The standard InChI is InChI=1S/C10H17N3O3S2/c1-8(10(14)12-6-5-11-2)13-18(15,16)9-4-3-7-17-9/h3-4,7-8,11,13H,5-6H2,1-2H3,(H,12,14). The second-order valence-corrected chi connectivity index (χ2v) is 6.56. The van der Waals surface area contributed by atoms with Gasteiger partial charge < -0.3 is 10.6 Å². The molecule has 0 saturated heterocycles. The van der Waals surface area contributed by atoms with Crippen molar-refractivity contribution in [2.45, 2.75) is 17.2 Å². The van der Waals surface area contributed by atoms with E-state index in [1.807, 2.05) is 0 Å². The molecule has 1 heterocycles. The molecule has 6 nitrogen and oxygen atoms in total. The van der Waals surface area contributed by atoms with Crippen LogP contribution < -0.4 is 15.4 Å². The quantitative estimate of drug-likeness (QED) is 0.605. The summed E-state index contributed by atoms with van der Waals surface area (Å²) < 4.78 is 26.2. The van der Waals surface area contributed by atoms with Crippen molar-refractivity contribution in [2.24, 2.45) is 0 Å². The van der Waals surface area contributed by atoms with Crippen LogP contribution >= 0.6 is 11.3 Å². The van der Waals surface area contributed by atoms with Gasteiger partial charge in [-0.15, -0.1) is 11.3 Å². The number of rotatable bonds is 7. The highest BCUT2D eigenvalue weighted by Crippen LogP contribution is 2.15. The Kier molecular flexibility index (Phi) is 5.73. The van der Waals surface area contributed by atoms with Gasteiger partial charge >= 0.3 is 0 Å². The van der Waals surface area contributed by atoms with Crippen molar-refractivity contribution in [2.75, 3.05) is 20.1 Å². The summed E-state index contributed by atoms with van der Waals surface area (Å²) in [7, 11) is -1.83. The van der Waals surface area contributed by atoms with Gasteiger partial charge in [0.05, 0.1) is 6.04 Å². The molecule has 0 aliphatic rings. The molecule has 0 aliphatic heterocycles. The van der Waals surface area contributed by atoms with Crippen LogP contribution in [0.25, 0.3) is 0 Å². The average molecular weight is 291 g/mol. The Hall–Kier alpha value is -0.960. The van der Waals surface area contributed by atoms with Crippen molar-refractivity contribution in [3.63, 3.8) is 0 Å². The fourth-order valence-electron chi connectivity index (χ4n) is 1.22. The summed E-state index contributed by atoms with van der Waals surface area (Å²) in [6, 6.07) is 2.35. The Balaban J connectivity index is 2.54. The number of thiophene rings is 1. The predicted octanol–water partition coefficient (Wildman–Crippen LogP) is -0.249. The molecule has 8 heteroatoms. The first-order valence-corrected chi connectivity index (χ1v) is 7.82.